The van der Waals surface area contributed by atoms with E-state index in [-0.39, 0.29) is 11.7 Å². The number of nitrogens with zero attached hydrogens (tertiary/aromatic N) is 2. The number of amides is 1. The van der Waals surface area contributed by atoms with E-state index in [1.54, 1.807) is 0 Å². The number of rotatable bonds is 2. The minimum atomic E-state index is 0.203. The van der Waals surface area contributed by atoms with Crippen molar-refractivity contribution in [3.05, 3.63) is 0 Å². The number of hydrogen-bond acceptors (Lipinski definition) is 3. The van der Waals surface area contributed by atoms with Crippen LogP contribution in [0.25, 0.3) is 0 Å². The van der Waals surface area contributed by atoms with Crippen LogP contribution in [0.4, 0.5) is 0 Å². The van der Waals surface area contributed by atoms with Gasteiger partial charge >= 0.3 is 0 Å². The summed E-state index contributed by atoms with van der Waals surface area (Å²) in [4.78, 5) is 27.1. The third kappa shape index (κ3) is 3.04. The number of hydrogen-bond donors (Lipinski definition) is 0. The van der Waals surface area contributed by atoms with Gasteiger partial charge in [-0.1, -0.05) is 0 Å². The zero-order valence-electron chi connectivity index (χ0n) is 9.78. The van der Waals surface area contributed by atoms with Crippen LogP contribution in [-0.4, -0.2) is 54.2 Å². The molecule has 0 aromatic carbocycles. The molecule has 0 bridgehead atoms. The fourth-order valence-corrected chi connectivity index (χ4v) is 2.48. The highest BCUT2D eigenvalue weighted by Gasteiger charge is 2.22. The van der Waals surface area contributed by atoms with Crippen molar-refractivity contribution < 1.29 is 9.59 Å². The second-order valence-electron chi connectivity index (χ2n) is 4.79. The van der Waals surface area contributed by atoms with Crippen molar-refractivity contribution in [2.45, 2.75) is 32.1 Å². The summed E-state index contributed by atoms with van der Waals surface area (Å²) in [5.41, 5.74) is 0. The Morgan fingerprint density at radius 3 is 2.50 bits per heavy atom. The number of piperidine rings is 2. The van der Waals surface area contributed by atoms with Crippen molar-refractivity contribution in [3.8, 4) is 0 Å². The van der Waals surface area contributed by atoms with Gasteiger partial charge in [0, 0.05) is 19.5 Å². The van der Waals surface area contributed by atoms with Crippen LogP contribution in [-0.2, 0) is 9.59 Å². The maximum atomic E-state index is 11.9. The Hall–Kier alpha value is -0.900. The average molecular weight is 224 g/mol. The van der Waals surface area contributed by atoms with Crippen LogP contribution >= 0.6 is 0 Å². The molecule has 2 aliphatic rings. The molecule has 90 valence electrons. The molecule has 0 unspecified atom stereocenters. The highest BCUT2D eigenvalue weighted by molar-refractivity contribution is 5.83. The molecule has 0 saturated carbocycles. The van der Waals surface area contributed by atoms with Gasteiger partial charge in [0.15, 0.2) is 0 Å². The van der Waals surface area contributed by atoms with E-state index < -0.39 is 0 Å². The van der Waals surface area contributed by atoms with Crippen molar-refractivity contribution >= 4 is 11.7 Å². The van der Waals surface area contributed by atoms with Crippen molar-refractivity contribution in [1.29, 1.82) is 0 Å². The van der Waals surface area contributed by atoms with Crippen molar-refractivity contribution in [2.24, 2.45) is 0 Å². The number of carbonyl (C=O) groups excluding carboxylic acids is 2. The lowest BCUT2D eigenvalue weighted by Gasteiger charge is -2.31. The summed E-state index contributed by atoms with van der Waals surface area (Å²) < 4.78 is 0. The van der Waals surface area contributed by atoms with E-state index in [0.29, 0.717) is 19.5 Å². The molecule has 0 spiro atoms. The van der Waals surface area contributed by atoms with Gasteiger partial charge in [0.25, 0.3) is 0 Å². The summed E-state index contributed by atoms with van der Waals surface area (Å²) in [6.07, 6.45) is 5.10. The first-order valence-corrected chi connectivity index (χ1v) is 6.27. The first-order chi connectivity index (χ1) is 7.75. The zero-order valence-corrected chi connectivity index (χ0v) is 9.78. The van der Waals surface area contributed by atoms with Crippen LogP contribution in [0.3, 0.4) is 0 Å². The number of likely N-dealkylation sites (tertiary alicyclic amines) is 2. The van der Waals surface area contributed by atoms with Gasteiger partial charge in [-0.15, -0.1) is 0 Å². The summed E-state index contributed by atoms with van der Waals surface area (Å²) in [6.45, 7) is 3.61. The molecule has 4 nitrogen and oxygen atoms in total. The molecule has 2 rings (SSSR count). The summed E-state index contributed by atoms with van der Waals surface area (Å²) in [6, 6.07) is 0. The lowest BCUT2D eigenvalue weighted by molar-refractivity contribution is -0.134. The quantitative estimate of drug-likeness (QED) is 0.692. The maximum Gasteiger partial charge on any atom is 0.236 e. The molecule has 0 aliphatic carbocycles. The van der Waals surface area contributed by atoms with Crippen LogP contribution in [0.2, 0.25) is 0 Å². The lowest BCUT2D eigenvalue weighted by atomic mass is 10.1. The number of carbonyl (C=O) groups is 2. The van der Waals surface area contributed by atoms with Gasteiger partial charge < -0.3 is 4.90 Å². The van der Waals surface area contributed by atoms with E-state index >= 15 is 0 Å². The predicted octanol–water partition coefficient (Wildman–Crippen LogP) is 0.664. The summed E-state index contributed by atoms with van der Waals surface area (Å²) in [5, 5.41) is 0. The molecular formula is C12H20N2O2. The van der Waals surface area contributed by atoms with Crippen LogP contribution in [0, 0.1) is 0 Å². The van der Waals surface area contributed by atoms with E-state index in [1.807, 2.05) is 9.80 Å². The molecular weight excluding hydrogens is 204 g/mol. The number of Topliss-reactive ketones (excluding diaryl/α,β-unsaturated/α-hetero) is 1. The van der Waals surface area contributed by atoms with Gasteiger partial charge in [-0.25, -0.2) is 0 Å². The largest absolute Gasteiger partial charge is 0.342 e. The second kappa shape index (κ2) is 5.43. The van der Waals surface area contributed by atoms with E-state index in [9.17, 15) is 9.59 Å². The summed E-state index contributed by atoms with van der Waals surface area (Å²) in [7, 11) is 0. The minimum absolute atomic E-state index is 0.203. The first-order valence-electron chi connectivity index (χ1n) is 6.27. The third-order valence-electron chi connectivity index (χ3n) is 3.40. The van der Waals surface area contributed by atoms with Gasteiger partial charge in [0.1, 0.15) is 5.78 Å². The molecule has 2 fully saturated rings. The minimum Gasteiger partial charge on any atom is -0.342 e. The van der Waals surface area contributed by atoms with Crippen LogP contribution < -0.4 is 0 Å². The molecule has 2 heterocycles. The standard InChI is InChI=1S/C12H20N2O2/c15-11-5-4-6-13(9-11)10-12(16)14-7-2-1-3-8-14/h1-10H2. The fourth-order valence-electron chi connectivity index (χ4n) is 2.48. The smallest absolute Gasteiger partial charge is 0.236 e. The molecule has 2 aliphatic heterocycles. The Balaban J connectivity index is 1.79. The molecule has 0 aromatic rings. The normalized spacial score (nSPS) is 23.5. The predicted molar refractivity (Wildman–Crippen MR) is 61.1 cm³/mol. The molecule has 2 saturated heterocycles. The highest BCUT2D eigenvalue weighted by Crippen LogP contribution is 2.11. The Morgan fingerprint density at radius 2 is 1.81 bits per heavy atom. The molecule has 0 radical (unpaired) electrons. The van der Waals surface area contributed by atoms with Crippen LogP contribution in [0.1, 0.15) is 32.1 Å². The fraction of sp³-hybridized carbons (Fsp3) is 0.833. The third-order valence-corrected chi connectivity index (χ3v) is 3.40. The summed E-state index contributed by atoms with van der Waals surface area (Å²) in [5.74, 6) is 0.479. The van der Waals surface area contributed by atoms with Crippen molar-refractivity contribution in [1.82, 2.24) is 9.80 Å². The van der Waals surface area contributed by atoms with Gasteiger partial charge in [-0.05, 0) is 32.2 Å². The first kappa shape index (κ1) is 11.6. The van der Waals surface area contributed by atoms with E-state index in [4.69, 9.17) is 0 Å². The molecule has 0 aromatic heterocycles. The van der Waals surface area contributed by atoms with Crippen molar-refractivity contribution in [2.75, 3.05) is 32.7 Å². The second-order valence-corrected chi connectivity index (χ2v) is 4.79. The Morgan fingerprint density at radius 1 is 1.06 bits per heavy atom. The van der Waals surface area contributed by atoms with Gasteiger partial charge in [-0.3, -0.25) is 14.5 Å². The topological polar surface area (TPSA) is 40.6 Å². The summed E-state index contributed by atoms with van der Waals surface area (Å²) >= 11 is 0. The van der Waals surface area contributed by atoms with Crippen LogP contribution in [0.15, 0.2) is 0 Å². The van der Waals surface area contributed by atoms with Gasteiger partial charge in [-0.2, -0.15) is 0 Å². The van der Waals surface area contributed by atoms with E-state index in [2.05, 4.69) is 0 Å². The number of ketones is 1. The van der Waals surface area contributed by atoms with Gasteiger partial charge in [0.2, 0.25) is 5.91 Å². The van der Waals surface area contributed by atoms with Crippen LogP contribution in [0.5, 0.6) is 0 Å². The zero-order chi connectivity index (χ0) is 11.4. The Labute approximate surface area is 96.6 Å². The maximum absolute atomic E-state index is 11.9. The molecule has 4 heteroatoms. The monoisotopic (exact) mass is 224 g/mol. The van der Waals surface area contributed by atoms with Gasteiger partial charge in [0.05, 0.1) is 13.1 Å². The van der Waals surface area contributed by atoms with Crippen molar-refractivity contribution in [3.63, 3.8) is 0 Å². The highest BCUT2D eigenvalue weighted by atomic mass is 16.2. The molecule has 0 atom stereocenters. The SMILES string of the molecule is O=C1CCCN(CC(=O)N2CCCCC2)C1. The molecule has 0 N–H and O–H groups in total. The molecule has 1 amide bonds. The Kier molecular flexibility index (Phi) is 3.93. The van der Waals surface area contributed by atoms with E-state index in [1.165, 1.54) is 6.42 Å². The molecule has 16 heavy (non-hydrogen) atoms. The average Bonchev–Trinajstić information content (AvgIpc) is 2.30. The Bertz CT molecular complexity index is 272. The van der Waals surface area contributed by atoms with E-state index in [0.717, 1.165) is 38.9 Å². The lowest BCUT2D eigenvalue weighted by Crippen LogP contribution is -2.45.